The van der Waals surface area contributed by atoms with E-state index >= 15 is 0 Å². The Labute approximate surface area is 165 Å². The van der Waals surface area contributed by atoms with Crippen LogP contribution in [0.15, 0.2) is 30.3 Å². The highest BCUT2D eigenvalue weighted by Gasteiger charge is 2.75. The molecule has 0 aromatic heterocycles. The van der Waals surface area contributed by atoms with Gasteiger partial charge in [-0.3, -0.25) is 9.59 Å². The van der Waals surface area contributed by atoms with Gasteiger partial charge in [0.25, 0.3) is 0 Å². The standard InChI is InChI=1S/C17H16F6N2O5/c18-15(19)8-25(9-16(20,21)17(15,22)23)13(28)11(6-12(26)27)24-14(29)30-7-10-4-2-1-3-5-10/h1-5,11H,6-9H2,(H,24,29)(H,26,27). The van der Waals surface area contributed by atoms with Crippen LogP contribution in [0.25, 0.3) is 0 Å². The number of nitrogens with one attached hydrogen (secondary N) is 1. The van der Waals surface area contributed by atoms with Crippen molar-refractivity contribution >= 4 is 18.0 Å². The summed E-state index contributed by atoms with van der Waals surface area (Å²) in [4.78, 5) is 34.8. The van der Waals surface area contributed by atoms with Crippen molar-refractivity contribution in [3.05, 3.63) is 35.9 Å². The molecule has 1 saturated heterocycles. The van der Waals surface area contributed by atoms with Gasteiger partial charge in [-0.25, -0.2) is 4.79 Å². The lowest BCUT2D eigenvalue weighted by Crippen LogP contribution is -2.69. The number of carbonyl (C=O) groups excluding carboxylic acids is 2. The number of benzene rings is 1. The van der Waals surface area contributed by atoms with Crippen LogP contribution in [-0.4, -0.2) is 64.9 Å². The average molecular weight is 442 g/mol. The number of carbonyl (C=O) groups is 3. The summed E-state index contributed by atoms with van der Waals surface area (Å²) in [6.45, 7) is -4.46. The van der Waals surface area contributed by atoms with E-state index in [-0.39, 0.29) is 11.5 Å². The van der Waals surface area contributed by atoms with Gasteiger partial charge in [-0.05, 0) is 5.56 Å². The molecule has 13 heteroatoms. The minimum absolute atomic E-state index is 0.299. The molecule has 2 amide bonds. The number of likely N-dealkylation sites (tertiary alicyclic amines) is 1. The largest absolute Gasteiger partial charge is 0.481 e. The summed E-state index contributed by atoms with van der Waals surface area (Å²) in [6, 6.07) is 5.98. The lowest BCUT2D eigenvalue weighted by Gasteiger charge is -2.43. The van der Waals surface area contributed by atoms with Crippen molar-refractivity contribution < 1.29 is 50.6 Å². The lowest BCUT2D eigenvalue weighted by molar-refractivity contribution is -0.335. The van der Waals surface area contributed by atoms with E-state index in [0.717, 1.165) is 0 Å². The molecule has 1 aliphatic rings. The van der Waals surface area contributed by atoms with Crippen LogP contribution >= 0.6 is 0 Å². The van der Waals surface area contributed by atoms with Gasteiger partial charge >= 0.3 is 29.8 Å². The molecule has 0 bridgehead atoms. The molecule has 1 fully saturated rings. The summed E-state index contributed by atoms with van der Waals surface area (Å²) < 4.78 is 85.4. The van der Waals surface area contributed by atoms with Gasteiger partial charge in [0.05, 0.1) is 19.5 Å². The second-order valence-electron chi connectivity index (χ2n) is 6.53. The van der Waals surface area contributed by atoms with Gasteiger partial charge in [-0.1, -0.05) is 30.3 Å². The average Bonchev–Trinajstić information content (AvgIpc) is 2.63. The summed E-state index contributed by atoms with van der Waals surface area (Å²) in [6.07, 6.45) is -2.51. The fraction of sp³-hybridized carbons (Fsp3) is 0.471. The summed E-state index contributed by atoms with van der Waals surface area (Å²) >= 11 is 0. The first-order chi connectivity index (χ1) is 13.8. The summed E-state index contributed by atoms with van der Waals surface area (Å²) in [5, 5.41) is 10.6. The third-order valence-electron chi connectivity index (χ3n) is 4.19. The van der Waals surface area contributed by atoms with Gasteiger partial charge in [-0.15, -0.1) is 0 Å². The Hall–Kier alpha value is -2.99. The monoisotopic (exact) mass is 442 g/mol. The van der Waals surface area contributed by atoms with Crippen molar-refractivity contribution in [2.24, 2.45) is 0 Å². The van der Waals surface area contributed by atoms with Crippen LogP contribution in [0.3, 0.4) is 0 Å². The number of alkyl carbamates (subject to hydrolysis) is 1. The highest BCUT2D eigenvalue weighted by Crippen LogP contribution is 2.49. The number of halogens is 6. The number of alkyl halides is 6. The first kappa shape index (κ1) is 23.3. The molecular weight excluding hydrogens is 426 g/mol. The molecule has 1 heterocycles. The molecular formula is C17H16F6N2O5. The number of ether oxygens (including phenoxy) is 1. The van der Waals surface area contributed by atoms with Crippen LogP contribution in [0.4, 0.5) is 31.1 Å². The van der Waals surface area contributed by atoms with E-state index in [9.17, 15) is 40.7 Å². The fourth-order valence-corrected chi connectivity index (χ4v) is 2.66. The second-order valence-corrected chi connectivity index (χ2v) is 6.53. The zero-order valence-corrected chi connectivity index (χ0v) is 15.1. The van der Waals surface area contributed by atoms with E-state index in [4.69, 9.17) is 9.84 Å². The van der Waals surface area contributed by atoms with E-state index in [1.807, 2.05) is 0 Å². The molecule has 0 saturated carbocycles. The second kappa shape index (κ2) is 8.40. The number of aliphatic carboxylic acids is 1. The van der Waals surface area contributed by atoms with Crippen LogP contribution < -0.4 is 5.32 Å². The molecule has 0 aliphatic carbocycles. The maximum Gasteiger partial charge on any atom is 0.408 e. The van der Waals surface area contributed by atoms with Crippen molar-refractivity contribution in [2.75, 3.05) is 13.1 Å². The summed E-state index contributed by atoms with van der Waals surface area (Å²) in [5.41, 5.74) is 0.520. The Morgan fingerprint density at radius 2 is 1.57 bits per heavy atom. The van der Waals surface area contributed by atoms with Gasteiger partial charge < -0.3 is 20.1 Å². The van der Waals surface area contributed by atoms with Gasteiger partial charge in [0, 0.05) is 0 Å². The quantitative estimate of drug-likeness (QED) is 0.661. The molecule has 0 spiro atoms. The van der Waals surface area contributed by atoms with Crippen molar-refractivity contribution in [1.82, 2.24) is 10.2 Å². The lowest BCUT2D eigenvalue weighted by atomic mass is 9.97. The molecule has 1 aromatic rings. The minimum Gasteiger partial charge on any atom is -0.481 e. The Kier molecular flexibility index (Phi) is 6.52. The summed E-state index contributed by atoms with van der Waals surface area (Å²) in [5.74, 6) is -19.6. The van der Waals surface area contributed by atoms with E-state index in [2.05, 4.69) is 0 Å². The minimum atomic E-state index is -5.71. The maximum atomic E-state index is 13.5. The molecule has 7 nitrogen and oxygen atoms in total. The van der Waals surface area contributed by atoms with Crippen molar-refractivity contribution in [3.63, 3.8) is 0 Å². The Morgan fingerprint density at radius 1 is 1.03 bits per heavy atom. The number of rotatable bonds is 6. The molecule has 166 valence electrons. The number of carboxylic acid groups (broad SMARTS) is 1. The first-order valence-electron chi connectivity index (χ1n) is 8.38. The molecule has 1 unspecified atom stereocenters. The van der Waals surface area contributed by atoms with E-state index in [1.54, 1.807) is 35.6 Å². The number of hydrogen-bond acceptors (Lipinski definition) is 4. The third-order valence-corrected chi connectivity index (χ3v) is 4.19. The molecule has 1 aliphatic heterocycles. The highest BCUT2D eigenvalue weighted by atomic mass is 19.3. The van der Waals surface area contributed by atoms with E-state index in [0.29, 0.717) is 5.56 Å². The van der Waals surface area contributed by atoms with E-state index < -0.39 is 61.3 Å². The molecule has 1 atom stereocenters. The van der Waals surface area contributed by atoms with Crippen molar-refractivity contribution in [1.29, 1.82) is 0 Å². The topological polar surface area (TPSA) is 95.9 Å². The molecule has 2 N–H and O–H groups in total. The fourth-order valence-electron chi connectivity index (χ4n) is 2.66. The number of nitrogens with zero attached hydrogens (tertiary/aromatic N) is 1. The number of amides is 2. The van der Waals surface area contributed by atoms with Gasteiger partial charge in [0.2, 0.25) is 5.91 Å². The normalized spacial score (nSPS) is 20.1. The highest BCUT2D eigenvalue weighted by molar-refractivity contribution is 5.89. The van der Waals surface area contributed by atoms with Gasteiger partial charge in [-0.2, -0.15) is 26.3 Å². The smallest absolute Gasteiger partial charge is 0.408 e. The molecule has 2 rings (SSSR count). The predicted molar refractivity (Wildman–Crippen MR) is 87.2 cm³/mol. The molecule has 1 aromatic carbocycles. The Balaban J connectivity index is 2.11. The van der Waals surface area contributed by atoms with Gasteiger partial charge in [0.1, 0.15) is 12.6 Å². The molecule has 0 radical (unpaired) electrons. The van der Waals surface area contributed by atoms with Crippen LogP contribution in [-0.2, 0) is 20.9 Å². The zero-order valence-electron chi connectivity index (χ0n) is 15.1. The summed E-state index contributed by atoms with van der Waals surface area (Å²) in [7, 11) is 0. The SMILES string of the molecule is O=C(O)CC(NC(=O)OCc1ccccc1)C(=O)N1CC(F)(F)C(F)(F)C(F)(F)C1. The maximum absolute atomic E-state index is 13.5. The van der Waals surface area contributed by atoms with Crippen LogP contribution in [0.2, 0.25) is 0 Å². The Bertz CT molecular complexity index is 785. The third kappa shape index (κ3) is 4.94. The first-order valence-corrected chi connectivity index (χ1v) is 8.38. The van der Waals surface area contributed by atoms with Gasteiger partial charge in [0.15, 0.2) is 0 Å². The van der Waals surface area contributed by atoms with Crippen LogP contribution in [0.1, 0.15) is 12.0 Å². The number of carboxylic acids is 1. The van der Waals surface area contributed by atoms with Crippen LogP contribution in [0.5, 0.6) is 0 Å². The zero-order chi connectivity index (χ0) is 22.7. The number of hydrogen-bond donors (Lipinski definition) is 2. The Morgan fingerprint density at radius 3 is 2.07 bits per heavy atom. The van der Waals surface area contributed by atoms with Crippen molar-refractivity contribution in [3.8, 4) is 0 Å². The predicted octanol–water partition coefficient (Wildman–Crippen LogP) is 2.50. The van der Waals surface area contributed by atoms with Crippen molar-refractivity contribution in [2.45, 2.75) is 36.8 Å². The molecule has 30 heavy (non-hydrogen) atoms. The number of piperidine rings is 1. The van der Waals surface area contributed by atoms with Crippen LogP contribution in [0, 0.1) is 0 Å². The van der Waals surface area contributed by atoms with E-state index in [1.165, 1.54) is 0 Å².